The smallest absolute Gasteiger partial charge is 0.261 e. The van der Waals surface area contributed by atoms with Gasteiger partial charge in [0.1, 0.15) is 0 Å². The van der Waals surface area contributed by atoms with Crippen molar-refractivity contribution in [3.63, 3.8) is 0 Å². The lowest BCUT2D eigenvalue weighted by Crippen LogP contribution is -2.16. The van der Waals surface area contributed by atoms with Gasteiger partial charge in [-0.05, 0) is 18.6 Å². The Hall–Kier alpha value is -1.07. The highest BCUT2D eigenvalue weighted by molar-refractivity contribution is 7.88. The maximum Gasteiger partial charge on any atom is 0.359 e. The number of para-hydroxylation sites is 1. The van der Waals surface area contributed by atoms with Gasteiger partial charge >= 0.3 is 10.3 Å². The minimum atomic E-state index is -3.69. The average molecular weight is 342 g/mol. The van der Waals surface area contributed by atoms with Crippen molar-refractivity contribution in [2.24, 2.45) is 0 Å². The molecule has 0 heterocycles. The fourth-order valence-electron chi connectivity index (χ4n) is 2.44. The lowest BCUT2D eigenvalue weighted by atomic mass is 10.1. The van der Waals surface area contributed by atoms with Crippen molar-refractivity contribution < 1.29 is 12.6 Å². The van der Waals surface area contributed by atoms with Crippen molar-refractivity contribution in [1.29, 1.82) is 0 Å². The second-order valence-corrected chi connectivity index (χ2v) is 7.27. The molecule has 1 rings (SSSR count). The summed E-state index contributed by atoms with van der Waals surface area (Å²) in [5.41, 5.74) is 0.524. The monoisotopic (exact) mass is 341 g/mol. The summed E-state index contributed by atoms with van der Waals surface area (Å²) < 4.78 is 30.8. The van der Waals surface area contributed by atoms with Crippen molar-refractivity contribution in [2.45, 2.75) is 71.1 Å². The number of unbranched alkanes of at least 4 members (excludes halogenated alkanes) is 9. The topological polar surface area (TPSA) is 55.4 Å². The summed E-state index contributed by atoms with van der Waals surface area (Å²) in [5, 5.41) is 0. The second kappa shape index (κ2) is 12.4. The van der Waals surface area contributed by atoms with Crippen LogP contribution in [0.2, 0.25) is 0 Å². The van der Waals surface area contributed by atoms with E-state index in [9.17, 15) is 8.42 Å². The molecule has 132 valence electrons. The van der Waals surface area contributed by atoms with Gasteiger partial charge < -0.3 is 0 Å². The SMILES string of the molecule is CCCCCCCCCCCCOS(=O)(=O)Nc1ccccc1. The number of benzene rings is 1. The summed E-state index contributed by atoms with van der Waals surface area (Å²) in [6, 6.07) is 8.78. The molecule has 0 radical (unpaired) electrons. The number of nitrogens with one attached hydrogen (secondary N) is 1. The third-order valence-electron chi connectivity index (χ3n) is 3.75. The molecule has 5 heteroatoms. The van der Waals surface area contributed by atoms with E-state index in [4.69, 9.17) is 4.18 Å². The Balaban J connectivity index is 1.98. The van der Waals surface area contributed by atoms with Crippen LogP contribution >= 0.6 is 0 Å². The third kappa shape index (κ3) is 11.2. The molecule has 0 saturated heterocycles. The molecule has 1 aromatic carbocycles. The van der Waals surface area contributed by atoms with Gasteiger partial charge in [-0.2, -0.15) is 8.42 Å². The summed E-state index contributed by atoms with van der Waals surface area (Å²) in [7, 11) is -3.69. The number of anilines is 1. The van der Waals surface area contributed by atoms with Crippen LogP contribution in [0.4, 0.5) is 5.69 Å². The molecule has 1 N–H and O–H groups in total. The van der Waals surface area contributed by atoms with Gasteiger partial charge in [0, 0.05) is 0 Å². The molecule has 23 heavy (non-hydrogen) atoms. The molecule has 0 amide bonds. The summed E-state index contributed by atoms with van der Waals surface area (Å²) in [4.78, 5) is 0. The minimum absolute atomic E-state index is 0.249. The van der Waals surface area contributed by atoms with Crippen LogP contribution in [-0.4, -0.2) is 15.0 Å². The maximum atomic E-state index is 11.7. The van der Waals surface area contributed by atoms with Crippen molar-refractivity contribution in [3.05, 3.63) is 30.3 Å². The third-order valence-corrected chi connectivity index (χ3v) is 4.72. The molecule has 0 bridgehead atoms. The maximum absolute atomic E-state index is 11.7. The Morgan fingerprint density at radius 3 is 1.91 bits per heavy atom. The van der Waals surface area contributed by atoms with Crippen LogP contribution in [0.1, 0.15) is 71.1 Å². The normalized spacial score (nSPS) is 11.5. The van der Waals surface area contributed by atoms with Gasteiger partial charge in [-0.25, -0.2) is 0 Å². The number of hydrogen-bond donors (Lipinski definition) is 1. The summed E-state index contributed by atoms with van der Waals surface area (Å²) in [6.45, 7) is 2.48. The molecule has 0 unspecified atom stereocenters. The Morgan fingerprint density at radius 2 is 1.35 bits per heavy atom. The molecule has 1 aromatic rings. The highest BCUT2D eigenvalue weighted by Crippen LogP contribution is 2.12. The number of rotatable bonds is 14. The second-order valence-electron chi connectivity index (χ2n) is 5.93. The van der Waals surface area contributed by atoms with Gasteiger partial charge in [0.2, 0.25) is 0 Å². The zero-order valence-electron chi connectivity index (χ0n) is 14.3. The van der Waals surface area contributed by atoms with Gasteiger partial charge in [0.25, 0.3) is 0 Å². The zero-order chi connectivity index (χ0) is 16.8. The summed E-state index contributed by atoms with van der Waals surface area (Å²) in [5.74, 6) is 0. The molecular weight excluding hydrogens is 310 g/mol. The van der Waals surface area contributed by atoms with Crippen LogP contribution in [0.5, 0.6) is 0 Å². The average Bonchev–Trinajstić information content (AvgIpc) is 2.53. The number of hydrogen-bond acceptors (Lipinski definition) is 3. The zero-order valence-corrected chi connectivity index (χ0v) is 15.1. The predicted molar refractivity (Wildman–Crippen MR) is 96.8 cm³/mol. The Morgan fingerprint density at radius 1 is 0.826 bits per heavy atom. The van der Waals surface area contributed by atoms with E-state index >= 15 is 0 Å². The highest BCUT2D eigenvalue weighted by atomic mass is 32.2. The standard InChI is InChI=1S/C18H31NO3S/c1-2-3-4-5-6-7-8-9-10-14-17-22-23(20,21)19-18-15-12-11-13-16-18/h11-13,15-16,19H,2-10,14,17H2,1H3. The molecular formula is C18H31NO3S. The first-order valence-electron chi connectivity index (χ1n) is 8.86. The van der Waals surface area contributed by atoms with Crippen molar-refractivity contribution in [1.82, 2.24) is 0 Å². The van der Waals surface area contributed by atoms with Gasteiger partial charge in [0.05, 0.1) is 12.3 Å². The van der Waals surface area contributed by atoms with Gasteiger partial charge in [-0.1, -0.05) is 82.9 Å². The van der Waals surface area contributed by atoms with E-state index in [0.29, 0.717) is 5.69 Å². The van der Waals surface area contributed by atoms with E-state index in [-0.39, 0.29) is 6.61 Å². The molecule has 0 aliphatic carbocycles. The molecule has 0 aromatic heterocycles. The van der Waals surface area contributed by atoms with E-state index in [1.807, 2.05) is 6.07 Å². The van der Waals surface area contributed by atoms with Crippen LogP contribution in [-0.2, 0) is 14.5 Å². The lowest BCUT2D eigenvalue weighted by Gasteiger charge is -2.08. The lowest BCUT2D eigenvalue weighted by molar-refractivity contribution is 0.309. The van der Waals surface area contributed by atoms with Crippen LogP contribution in [0.15, 0.2) is 30.3 Å². The van der Waals surface area contributed by atoms with Gasteiger partial charge in [0.15, 0.2) is 0 Å². The minimum Gasteiger partial charge on any atom is -0.261 e. The fourth-order valence-corrected chi connectivity index (χ4v) is 3.26. The quantitative estimate of drug-likeness (QED) is 0.468. The molecule has 0 spiro atoms. The first kappa shape index (κ1) is 20.0. The Kier molecular flexibility index (Phi) is 10.7. The van der Waals surface area contributed by atoms with Gasteiger partial charge in [-0.3, -0.25) is 8.91 Å². The molecule has 0 aliphatic rings. The van der Waals surface area contributed by atoms with E-state index in [2.05, 4.69) is 11.6 Å². The summed E-state index contributed by atoms with van der Waals surface area (Å²) in [6.07, 6.45) is 12.2. The predicted octanol–water partition coefficient (Wildman–Crippen LogP) is 5.28. The van der Waals surface area contributed by atoms with Crippen molar-refractivity contribution in [2.75, 3.05) is 11.3 Å². The van der Waals surface area contributed by atoms with E-state index in [1.54, 1.807) is 24.3 Å². The van der Waals surface area contributed by atoms with Crippen LogP contribution in [0, 0.1) is 0 Å². The van der Waals surface area contributed by atoms with Crippen molar-refractivity contribution in [3.8, 4) is 0 Å². The van der Waals surface area contributed by atoms with Crippen LogP contribution < -0.4 is 4.72 Å². The van der Waals surface area contributed by atoms with E-state index in [0.717, 1.165) is 19.3 Å². The largest absolute Gasteiger partial charge is 0.359 e. The van der Waals surface area contributed by atoms with Gasteiger partial charge in [-0.15, -0.1) is 0 Å². The summed E-state index contributed by atoms with van der Waals surface area (Å²) >= 11 is 0. The Bertz CT molecular complexity index is 488. The molecule has 4 nitrogen and oxygen atoms in total. The van der Waals surface area contributed by atoms with Crippen LogP contribution in [0.25, 0.3) is 0 Å². The van der Waals surface area contributed by atoms with E-state index in [1.165, 1.54) is 44.9 Å². The highest BCUT2D eigenvalue weighted by Gasteiger charge is 2.09. The van der Waals surface area contributed by atoms with E-state index < -0.39 is 10.3 Å². The molecule has 0 aliphatic heterocycles. The molecule has 0 saturated carbocycles. The fraction of sp³-hybridized carbons (Fsp3) is 0.667. The van der Waals surface area contributed by atoms with Crippen molar-refractivity contribution >= 4 is 16.0 Å². The van der Waals surface area contributed by atoms with Crippen LogP contribution in [0.3, 0.4) is 0 Å². The molecule has 0 atom stereocenters. The Labute approximate surface area is 141 Å². The molecule has 0 fully saturated rings. The first-order chi connectivity index (χ1) is 11.1. The first-order valence-corrected chi connectivity index (χ1v) is 10.3.